The lowest BCUT2D eigenvalue weighted by Gasteiger charge is -2.29. The third kappa shape index (κ3) is 2.69. The predicted molar refractivity (Wildman–Crippen MR) is 83.3 cm³/mol. The molecule has 0 atom stereocenters. The molecule has 0 spiro atoms. The van der Waals surface area contributed by atoms with Gasteiger partial charge in [-0.2, -0.15) is 0 Å². The van der Waals surface area contributed by atoms with Gasteiger partial charge in [-0.05, 0) is 24.5 Å². The first-order chi connectivity index (χ1) is 9.65. The molecule has 4 heteroatoms. The van der Waals surface area contributed by atoms with Gasteiger partial charge in [0.1, 0.15) is 5.15 Å². The maximum absolute atomic E-state index is 6.38. The van der Waals surface area contributed by atoms with Crippen LogP contribution in [0.1, 0.15) is 22.4 Å². The van der Waals surface area contributed by atoms with Crippen LogP contribution in [0, 0.1) is 6.92 Å². The van der Waals surface area contributed by atoms with Crippen LogP contribution in [0.2, 0.25) is 10.2 Å². The molecule has 0 bridgehead atoms. The highest BCUT2D eigenvalue weighted by Crippen LogP contribution is 2.31. The van der Waals surface area contributed by atoms with Crippen molar-refractivity contribution in [3.05, 3.63) is 62.9 Å². The van der Waals surface area contributed by atoms with Crippen LogP contribution in [-0.2, 0) is 19.5 Å². The van der Waals surface area contributed by atoms with E-state index in [2.05, 4.69) is 34.1 Å². The second-order valence-electron chi connectivity index (χ2n) is 5.21. The average Bonchev–Trinajstić information content (AvgIpc) is 2.46. The second kappa shape index (κ2) is 5.72. The van der Waals surface area contributed by atoms with Gasteiger partial charge in [0.15, 0.2) is 0 Å². The van der Waals surface area contributed by atoms with Gasteiger partial charge in [0.2, 0.25) is 0 Å². The fourth-order valence-electron chi connectivity index (χ4n) is 2.64. The van der Waals surface area contributed by atoms with Gasteiger partial charge in [-0.3, -0.25) is 4.90 Å². The van der Waals surface area contributed by atoms with Gasteiger partial charge in [0.05, 0.1) is 10.7 Å². The molecular weight excluding hydrogens is 291 g/mol. The first kappa shape index (κ1) is 13.9. The Kier molecular flexibility index (Phi) is 3.97. The van der Waals surface area contributed by atoms with E-state index in [4.69, 9.17) is 23.2 Å². The SMILES string of the molecule is Cc1c(Cl)nc2c(c1Cl)CCN(Cc1ccccc1)C2. The molecule has 0 fully saturated rings. The van der Waals surface area contributed by atoms with Crippen LogP contribution in [0.3, 0.4) is 0 Å². The fourth-order valence-corrected chi connectivity index (χ4v) is 3.17. The smallest absolute Gasteiger partial charge is 0.133 e. The summed E-state index contributed by atoms with van der Waals surface area (Å²) in [6, 6.07) is 10.5. The van der Waals surface area contributed by atoms with Crippen molar-refractivity contribution in [2.24, 2.45) is 0 Å². The predicted octanol–water partition coefficient (Wildman–Crippen LogP) is 4.26. The minimum atomic E-state index is 0.523. The Morgan fingerprint density at radius 2 is 1.95 bits per heavy atom. The van der Waals surface area contributed by atoms with Crippen molar-refractivity contribution in [2.45, 2.75) is 26.4 Å². The van der Waals surface area contributed by atoms with Gasteiger partial charge in [-0.1, -0.05) is 53.5 Å². The van der Waals surface area contributed by atoms with Crippen LogP contribution in [0.15, 0.2) is 30.3 Å². The Hall–Kier alpha value is -1.09. The Labute approximate surface area is 129 Å². The molecule has 104 valence electrons. The van der Waals surface area contributed by atoms with E-state index in [0.29, 0.717) is 5.15 Å². The molecule has 0 N–H and O–H groups in total. The number of halogens is 2. The minimum absolute atomic E-state index is 0.523. The van der Waals surface area contributed by atoms with Crippen LogP contribution in [0.25, 0.3) is 0 Å². The normalized spacial score (nSPS) is 15.2. The van der Waals surface area contributed by atoms with Crippen molar-refractivity contribution in [3.63, 3.8) is 0 Å². The zero-order chi connectivity index (χ0) is 14.1. The summed E-state index contributed by atoms with van der Waals surface area (Å²) in [5, 5.41) is 1.31. The van der Waals surface area contributed by atoms with Crippen LogP contribution in [-0.4, -0.2) is 16.4 Å². The highest BCUT2D eigenvalue weighted by atomic mass is 35.5. The second-order valence-corrected chi connectivity index (χ2v) is 5.95. The van der Waals surface area contributed by atoms with Crippen molar-refractivity contribution < 1.29 is 0 Å². The summed E-state index contributed by atoms with van der Waals surface area (Å²) < 4.78 is 0. The third-order valence-corrected chi connectivity index (χ3v) is 4.67. The molecule has 2 nitrogen and oxygen atoms in total. The molecular formula is C16H16Cl2N2. The maximum atomic E-state index is 6.38. The van der Waals surface area contributed by atoms with Gasteiger partial charge in [-0.15, -0.1) is 0 Å². The van der Waals surface area contributed by atoms with Crippen molar-refractivity contribution in [1.29, 1.82) is 0 Å². The third-order valence-electron chi connectivity index (χ3n) is 3.79. The van der Waals surface area contributed by atoms with Crippen LogP contribution in [0.4, 0.5) is 0 Å². The summed E-state index contributed by atoms with van der Waals surface area (Å²) in [6.45, 7) is 4.67. The lowest BCUT2D eigenvalue weighted by molar-refractivity contribution is 0.241. The van der Waals surface area contributed by atoms with Crippen molar-refractivity contribution in [3.8, 4) is 0 Å². The zero-order valence-electron chi connectivity index (χ0n) is 11.4. The zero-order valence-corrected chi connectivity index (χ0v) is 12.9. The van der Waals surface area contributed by atoms with E-state index in [0.717, 1.165) is 47.9 Å². The summed E-state index contributed by atoms with van der Waals surface area (Å²) in [7, 11) is 0. The molecule has 1 aromatic carbocycles. The number of fused-ring (bicyclic) bond motifs is 1. The van der Waals surface area contributed by atoms with Gasteiger partial charge in [0.25, 0.3) is 0 Å². The lowest BCUT2D eigenvalue weighted by Crippen LogP contribution is -2.31. The van der Waals surface area contributed by atoms with Gasteiger partial charge >= 0.3 is 0 Å². The van der Waals surface area contributed by atoms with Crippen molar-refractivity contribution >= 4 is 23.2 Å². The average molecular weight is 307 g/mol. The topological polar surface area (TPSA) is 16.1 Å². The number of pyridine rings is 1. The number of benzene rings is 1. The van der Waals surface area contributed by atoms with Crippen LogP contribution in [0.5, 0.6) is 0 Å². The molecule has 0 unspecified atom stereocenters. The Bertz CT molecular complexity index is 626. The van der Waals surface area contributed by atoms with Gasteiger partial charge < -0.3 is 0 Å². The van der Waals surface area contributed by atoms with Crippen LogP contribution >= 0.6 is 23.2 Å². The van der Waals surface area contributed by atoms with E-state index in [-0.39, 0.29) is 0 Å². The summed E-state index contributed by atoms with van der Waals surface area (Å²) in [5.41, 5.74) is 4.40. The highest BCUT2D eigenvalue weighted by Gasteiger charge is 2.22. The van der Waals surface area contributed by atoms with E-state index >= 15 is 0 Å². The summed E-state index contributed by atoms with van der Waals surface area (Å²) in [4.78, 5) is 6.89. The number of rotatable bonds is 2. The van der Waals surface area contributed by atoms with E-state index in [9.17, 15) is 0 Å². The molecule has 0 aliphatic carbocycles. The molecule has 0 amide bonds. The summed E-state index contributed by atoms with van der Waals surface area (Å²) in [6.07, 6.45) is 0.937. The molecule has 1 aliphatic heterocycles. The molecule has 0 saturated carbocycles. The van der Waals surface area contributed by atoms with E-state index in [1.54, 1.807) is 0 Å². The summed E-state index contributed by atoms with van der Waals surface area (Å²) in [5.74, 6) is 0. The first-order valence-corrected chi connectivity index (χ1v) is 7.50. The van der Waals surface area contributed by atoms with Gasteiger partial charge in [-0.25, -0.2) is 4.98 Å². The highest BCUT2D eigenvalue weighted by molar-refractivity contribution is 6.35. The van der Waals surface area contributed by atoms with E-state index < -0.39 is 0 Å². The number of aromatic nitrogens is 1. The largest absolute Gasteiger partial charge is 0.293 e. The quantitative estimate of drug-likeness (QED) is 0.771. The van der Waals surface area contributed by atoms with Crippen LogP contribution < -0.4 is 0 Å². The molecule has 0 radical (unpaired) electrons. The molecule has 20 heavy (non-hydrogen) atoms. The van der Waals surface area contributed by atoms with E-state index in [1.165, 1.54) is 5.56 Å². The van der Waals surface area contributed by atoms with Crippen molar-refractivity contribution in [1.82, 2.24) is 9.88 Å². The monoisotopic (exact) mass is 306 g/mol. The number of hydrogen-bond donors (Lipinski definition) is 0. The number of hydrogen-bond acceptors (Lipinski definition) is 2. The molecule has 2 heterocycles. The molecule has 0 saturated heterocycles. The molecule has 3 rings (SSSR count). The molecule has 2 aromatic rings. The molecule has 1 aliphatic rings. The lowest BCUT2D eigenvalue weighted by atomic mass is 10.0. The maximum Gasteiger partial charge on any atom is 0.133 e. The minimum Gasteiger partial charge on any atom is -0.293 e. The Morgan fingerprint density at radius 3 is 2.70 bits per heavy atom. The van der Waals surface area contributed by atoms with Crippen molar-refractivity contribution in [2.75, 3.05) is 6.54 Å². The molecule has 1 aromatic heterocycles. The Morgan fingerprint density at radius 1 is 1.20 bits per heavy atom. The Balaban J connectivity index is 1.82. The van der Waals surface area contributed by atoms with E-state index in [1.807, 2.05) is 13.0 Å². The van der Waals surface area contributed by atoms with Gasteiger partial charge in [0, 0.05) is 25.2 Å². The standard InChI is InChI=1S/C16H16Cl2N2/c1-11-15(17)13-7-8-20(10-14(13)19-16(11)18)9-12-5-3-2-4-6-12/h2-6H,7-10H2,1H3. The first-order valence-electron chi connectivity index (χ1n) is 6.75. The number of nitrogens with zero attached hydrogens (tertiary/aromatic N) is 2. The fraction of sp³-hybridized carbons (Fsp3) is 0.312. The summed E-state index contributed by atoms with van der Waals surface area (Å²) >= 11 is 12.5.